The summed E-state index contributed by atoms with van der Waals surface area (Å²) in [6, 6.07) is 30.9. The molecule has 0 fully saturated rings. The summed E-state index contributed by atoms with van der Waals surface area (Å²) in [4.78, 5) is 119. The second kappa shape index (κ2) is 40.1. The zero-order valence-corrected chi connectivity index (χ0v) is 74.2. The van der Waals surface area contributed by atoms with Gasteiger partial charge in [-0.3, -0.25) is 38.4 Å². The van der Waals surface area contributed by atoms with Gasteiger partial charge in [-0.05, 0) is 200 Å². The fraction of sp³-hybridized carbons (Fsp3) is 0.220. The van der Waals surface area contributed by atoms with E-state index in [4.69, 9.17) is 34.8 Å². The van der Waals surface area contributed by atoms with Gasteiger partial charge in [-0.25, -0.2) is 38.7 Å². The number of rotatable bonds is 18. The van der Waals surface area contributed by atoms with Crippen LogP contribution < -0.4 is 42.5 Å². The van der Waals surface area contributed by atoms with Crippen LogP contribution in [0.3, 0.4) is 0 Å². The summed E-state index contributed by atoms with van der Waals surface area (Å²) < 4.78 is 86.7. The van der Waals surface area contributed by atoms with Crippen molar-refractivity contribution < 1.29 is 64.7 Å². The topological polar surface area (TPSA) is 356 Å². The Hall–Kier alpha value is -12.0. The van der Waals surface area contributed by atoms with Crippen molar-refractivity contribution in [3.8, 4) is 23.3 Å². The number of halogens is 12. The van der Waals surface area contributed by atoms with Crippen LogP contribution in [-0.4, -0.2) is 132 Å². The predicted molar refractivity (Wildman–Crippen MR) is 461 cm³/mol. The maximum atomic E-state index is 13.4. The van der Waals surface area contributed by atoms with Gasteiger partial charge in [-0.15, -0.1) is 0 Å². The van der Waals surface area contributed by atoms with Gasteiger partial charge in [0.05, 0.1) is 45.0 Å². The molecule has 0 saturated carbocycles. The van der Waals surface area contributed by atoms with Gasteiger partial charge in [-0.1, -0.05) is 107 Å². The lowest BCUT2D eigenvalue weighted by molar-refractivity contribution is -0.142. The molecular formula is C82H76Br3Cl3F6N20O8. The van der Waals surface area contributed by atoms with E-state index < -0.39 is 64.9 Å². The molecule has 8 aromatic heterocycles. The highest BCUT2D eigenvalue weighted by molar-refractivity contribution is 9.11. The monoisotopic (exact) mass is 1920 g/mol. The van der Waals surface area contributed by atoms with Crippen molar-refractivity contribution in [2.75, 3.05) is 35.4 Å². The fourth-order valence-electron chi connectivity index (χ4n) is 11.8. The van der Waals surface area contributed by atoms with Crippen LogP contribution in [0.15, 0.2) is 160 Å². The maximum absolute atomic E-state index is 13.4. The van der Waals surface area contributed by atoms with E-state index >= 15 is 0 Å². The number of alkyl halides is 6. The van der Waals surface area contributed by atoms with Crippen molar-refractivity contribution in [3.63, 3.8) is 0 Å². The number of anilines is 4. The number of carbonyl (C=O) groups is 8. The Labute approximate surface area is 734 Å². The molecule has 0 atom stereocenters. The van der Waals surface area contributed by atoms with E-state index in [9.17, 15) is 64.7 Å². The highest BCUT2D eigenvalue weighted by Gasteiger charge is 2.39. The molecule has 0 aliphatic heterocycles. The third-order valence-corrected chi connectivity index (χ3v) is 19.4. The van der Waals surface area contributed by atoms with Gasteiger partial charge in [0.2, 0.25) is 0 Å². The third kappa shape index (κ3) is 23.0. The van der Waals surface area contributed by atoms with Crippen molar-refractivity contribution in [2.24, 2.45) is 0 Å². The number of hydrogen-bond acceptors (Lipinski definition) is 16. The zero-order valence-electron chi connectivity index (χ0n) is 67.2. The molecule has 0 unspecified atom stereocenters. The molecule has 12 rings (SSSR count). The molecule has 0 radical (unpaired) electrons. The number of hydrogen-bond donors (Lipinski definition) is 8. The highest BCUT2D eigenvalue weighted by atomic mass is 79.9. The van der Waals surface area contributed by atoms with Gasteiger partial charge in [0.25, 0.3) is 47.3 Å². The quantitative estimate of drug-likeness (QED) is 0.0370. The number of nitrogens with one attached hydrogen (secondary N) is 8. The SMILES string of the molecule is CNC(=O)c1cc(Br)cc(C)c1NC(=O)c1cc(Cl)nn1-c1ncccc1C.CNC(=O)c1cc(Cl)cc(C)c1NC(=O)c1cc(C(F)(F)F)nn1-c1ncccc1C.Cc1cccnc1-n1nc(C(F)(F)F)cc1C(=O)Nc1c(C)cc(Br)cc1C(=O)NC(C)C.Cc1cccnc1-n1nc(Cl)cc1C(=O)Nc1c(C)cc(Br)cc1C(=O)NC(C)C. The molecule has 4 aromatic carbocycles. The number of aromatic nitrogens is 12. The van der Waals surface area contributed by atoms with Gasteiger partial charge in [-0.2, -0.15) is 46.7 Å². The first-order valence-corrected chi connectivity index (χ1v) is 40.0. The summed E-state index contributed by atoms with van der Waals surface area (Å²) in [6.45, 7) is 21.2. The van der Waals surface area contributed by atoms with E-state index in [1.165, 1.54) is 66.2 Å². The average molecular weight is 1930 g/mol. The van der Waals surface area contributed by atoms with Gasteiger partial charge in [0.15, 0.2) is 45.0 Å². The average Bonchev–Trinajstić information content (AvgIpc) is 1.66. The molecule has 0 spiro atoms. The van der Waals surface area contributed by atoms with E-state index in [0.717, 1.165) is 40.6 Å². The number of nitrogens with zero attached hydrogens (tertiary/aromatic N) is 12. The minimum Gasteiger partial charge on any atom is -0.355 e. The molecule has 0 aliphatic rings. The van der Waals surface area contributed by atoms with Crippen molar-refractivity contribution in [1.29, 1.82) is 0 Å². The van der Waals surface area contributed by atoms with Crippen molar-refractivity contribution in [1.82, 2.24) is 80.3 Å². The number of aryl methyl sites for hydroxylation is 8. The van der Waals surface area contributed by atoms with Crippen LogP contribution in [0.2, 0.25) is 15.3 Å². The van der Waals surface area contributed by atoms with E-state index in [-0.39, 0.29) is 90.4 Å². The minimum absolute atomic E-state index is 0.0484. The molecule has 0 aliphatic carbocycles. The Morgan fingerprint density at radius 2 is 0.598 bits per heavy atom. The fourth-order valence-corrected chi connectivity index (χ4v) is 14.2. The first kappa shape index (κ1) is 93.8. The Kier molecular flexibility index (Phi) is 30.8. The molecule has 0 bridgehead atoms. The van der Waals surface area contributed by atoms with Gasteiger partial charge >= 0.3 is 12.4 Å². The molecule has 122 heavy (non-hydrogen) atoms. The van der Waals surface area contributed by atoms with Gasteiger partial charge < -0.3 is 42.5 Å². The predicted octanol–water partition coefficient (Wildman–Crippen LogP) is 17.8. The first-order valence-electron chi connectivity index (χ1n) is 36.4. The van der Waals surface area contributed by atoms with Crippen LogP contribution in [0, 0.1) is 55.4 Å². The number of amides is 8. The van der Waals surface area contributed by atoms with E-state index in [1.807, 2.05) is 58.9 Å². The molecule has 40 heteroatoms. The van der Waals surface area contributed by atoms with Gasteiger partial charge in [0, 0.05) is 93.7 Å². The Bertz CT molecular complexity index is 6050. The van der Waals surface area contributed by atoms with Crippen molar-refractivity contribution in [3.05, 3.63) is 276 Å². The summed E-state index contributed by atoms with van der Waals surface area (Å²) in [5, 5.41) is 37.5. The van der Waals surface area contributed by atoms with E-state index in [2.05, 4.69) is 131 Å². The lowest BCUT2D eigenvalue weighted by Gasteiger charge is -2.16. The summed E-state index contributed by atoms with van der Waals surface area (Å²) in [6.07, 6.45) is -3.53. The molecule has 8 heterocycles. The lowest BCUT2D eigenvalue weighted by atomic mass is 10.1. The maximum Gasteiger partial charge on any atom is 0.435 e. The van der Waals surface area contributed by atoms with E-state index in [0.29, 0.717) is 73.0 Å². The van der Waals surface area contributed by atoms with Crippen LogP contribution in [0.4, 0.5) is 49.1 Å². The normalized spacial score (nSPS) is 11.1. The summed E-state index contributed by atoms with van der Waals surface area (Å²) >= 11 is 28.3. The first-order chi connectivity index (χ1) is 57.4. The number of benzene rings is 4. The van der Waals surface area contributed by atoms with Crippen molar-refractivity contribution in [2.45, 2.75) is 108 Å². The Morgan fingerprint density at radius 3 is 0.861 bits per heavy atom. The van der Waals surface area contributed by atoms with Gasteiger partial charge in [0.1, 0.15) is 22.8 Å². The Balaban J connectivity index is 0.000000185. The summed E-state index contributed by atoms with van der Waals surface area (Å²) in [7, 11) is 2.93. The van der Waals surface area contributed by atoms with E-state index in [1.54, 1.807) is 115 Å². The molecule has 0 saturated heterocycles. The molecule has 8 amide bonds. The third-order valence-electron chi connectivity index (χ3n) is 17.4. The highest BCUT2D eigenvalue weighted by Crippen LogP contribution is 2.36. The van der Waals surface area contributed by atoms with Crippen LogP contribution in [-0.2, 0) is 12.4 Å². The lowest BCUT2D eigenvalue weighted by Crippen LogP contribution is -2.31. The minimum atomic E-state index is -4.77. The largest absolute Gasteiger partial charge is 0.435 e. The van der Waals surface area contributed by atoms with Crippen molar-refractivity contribution >= 4 is 153 Å². The summed E-state index contributed by atoms with van der Waals surface area (Å²) in [5.74, 6) is -3.08. The Morgan fingerprint density at radius 1 is 0.344 bits per heavy atom. The summed E-state index contributed by atoms with van der Waals surface area (Å²) in [5.41, 5.74) is 4.40. The number of pyridine rings is 4. The molecular weight excluding hydrogens is 1850 g/mol. The molecule has 12 aromatic rings. The van der Waals surface area contributed by atoms with Crippen LogP contribution in [0.5, 0.6) is 0 Å². The second-order valence-corrected chi connectivity index (χ2v) is 31.5. The zero-order chi connectivity index (χ0) is 89.8. The number of carbonyl (C=O) groups excluding carboxylic acids is 8. The van der Waals surface area contributed by atoms with Crippen LogP contribution in [0.1, 0.15) is 167 Å². The second-order valence-electron chi connectivity index (χ2n) is 27.6. The molecule has 28 nitrogen and oxygen atoms in total. The van der Waals surface area contributed by atoms with Crippen LogP contribution >= 0.6 is 82.6 Å². The molecule has 8 N–H and O–H groups in total. The van der Waals surface area contributed by atoms with Crippen LogP contribution in [0.25, 0.3) is 23.3 Å². The smallest absolute Gasteiger partial charge is 0.355 e. The standard InChI is InChI=1S/C22H21BrF3N5O2.C21H21BrClN5O2.C20H17ClF3N5O2.C19H17BrClN5O2/c1-11(2)28-20(32)15-9-14(23)8-13(4)18(15)29-21(33)16-10-17(22(24,25)26)30-31(16)19-12(3)6-5-7-27-19;1-11(2)25-20(29)15-9-14(22)8-13(4)18(15)26-21(30)16-10-17(23)27-28(16)19-12(3)6-5-7-24-19;1-10-5-4-6-26-17(10)29-14(9-15(28-29)20(22,23)24)19(31)27-16-11(2)7-12(21)8-13(16)18(30)25-3;1-10-5-4-6-23-17(10)26-14(9-15(21)25-26)19(28)24-16-11(2)7-12(20)8-13(16)18(27)22-3/h5-11H,1-4H3,(H,28,32)(H,29,33);5-11H,1-4H3,(H,25,29)(H,26,30);4-9H,1-3H3,(H,25,30)(H,27,31);4-9H,1-3H3,(H,22,27)(H,24,28). The molecule has 636 valence electrons.